The smallest absolute Gasteiger partial charge is 0.00472 e. The summed E-state index contributed by atoms with van der Waals surface area (Å²) in [7, 11) is 0. The summed E-state index contributed by atoms with van der Waals surface area (Å²) < 4.78 is 0. The van der Waals surface area contributed by atoms with Crippen molar-refractivity contribution in [3.8, 4) is 0 Å². The van der Waals surface area contributed by atoms with E-state index in [1.165, 1.54) is 5.75 Å². The minimum atomic E-state index is 0.861. The third kappa shape index (κ3) is 28.5. The van der Waals surface area contributed by atoms with Crippen LogP contribution < -0.4 is 0 Å². The van der Waals surface area contributed by atoms with Gasteiger partial charge in [0.05, 0.1) is 0 Å². The Labute approximate surface area is 69.2 Å². The van der Waals surface area contributed by atoms with Gasteiger partial charge in [-0.15, -0.1) is 0 Å². The molecule has 0 saturated heterocycles. The Balaban J connectivity index is 0. The van der Waals surface area contributed by atoms with Crippen LogP contribution in [0, 0.1) is 5.92 Å². The van der Waals surface area contributed by atoms with Crippen molar-refractivity contribution in [3.63, 3.8) is 0 Å². The van der Waals surface area contributed by atoms with Gasteiger partial charge in [-0.2, -0.15) is 24.4 Å². The SMILES string of the molecule is CCS.CSCC(C)C. The minimum Gasteiger partial charge on any atom is -0.180 e. The quantitative estimate of drug-likeness (QED) is 0.615. The number of thiol groups is 1. The molecule has 2 heteroatoms. The lowest BCUT2D eigenvalue weighted by Gasteiger charge is -1.95. The summed E-state index contributed by atoms with van der Waals surface area (Å²) in [6, 6.07) is 0. The van der Waals surface area contributed by atoms with Crippen molar-refractivity contribution in [2.75, 3.05) is 17.8 Å². The molecular weight excluding hydrogens is 148 g/mol. The topological polar surface area (TPSA) is 0 Å². The summed E-state index contributed by atoms with van der Waals surface area (Å²) in [6.45, 7) is 6.45. The molecule has 0 bridgehead atoms. The van der Waals surface area contributed by atoms with Crippen LogP contribution in [0.3, 0.4) is 0 Å². The molecule has 0 aliphatic carbocycles. The average molecular weight is 166 g/mol. The highest BCUT2D eigenvalue weighted by Gasteiger charge is 1.85. The molecule has 0 spiro atoms. The first-order valence-electron chi connectivity index (χ1n) is 3.28. The van der Waals surface area contributed by atoms with Crippen LogP contribution in [-0.2, 0) is 0 Å². The van der Waals surface area contributed by atoms with Crippen molar-refractivity contribution >= 4 is 24.4 Å². The van der Waals surface area contributed by atoms with Gasteiger partial charge in [0.2, 0.25) is 0 Å². The van der Waals surface area contributed by atoms with Crippen molar-refractivity contribution < 1.29 is 0 Å². The molecule has 0 fully saturated rings. The molecule has 0 aliphatic heterocycles. The molecular formula is C7H18S2. The van der Waals surface area contributed by atoms with E-state index in [4.69, 9.17) is 0 Å². The molecule has 0 nitrogen and oxygen atoms in total. The first-order valence-corrected chi connectivity index (χ1v) is 5.31. The second-order valence-corrected chi connectivity index (χ2v) is 3.71. The van der Waals surface area contributed by atoms with Gasteiger partial charge in [0.15, 0.2) is 0 Å². The Morgan fingerprint density at radius 2 is 1.78 bits per heavy atom. The van der Waals surface area contributed by atoms with E-state index in [1.807, 2.05) is 18.7 Å². The normalized spacial score (nSPS) is 8.67. The van der Waals surface area contributed by atoms with Crippen molar-refractivity contribution in [1.29, 1.82) is 0 Å². The second kappa shape index (κ2) is 11.5. The van der Waals surface area contributed by atoms with Gasteiger partial charge in [0.25, 0.3) is 0 Å². The molecule has 0 rings (SSSR count). The molecule has 0 saturated carbocycles. The third-order valence-corrected chi connectivity index (χ3v) is 1.50. The Morgan fingerprint density at radius 1 is 1.44 bits per heavy atom. The van der Waals surface area contributed by atoms with Crippen molar-refractivity contribution in [1.82, 2.24) is 0 Å². The summed E-state index contributed by atoms with van der Waals surface area (Å²) in [5, 5.41) is 0. The molecule has 58 valence electrons. The maximum Gasteiger partial charge on any atom is -0.00472 e. The molecule has 0 heterocycles. The summed E-state index contributed by atoms with van der Waals surface area (Å²) in [4.78, 5) is 0. The number of hydrogen-bond donors (Lipinski definition) is 1. The minimum absolute atomic E-state index is 0.861. The van der Waals surface area contributed by atoms with Crippen LogP contribution in [0.2, 0.25) is 0 Å². The zero-order valence-corrected chi connectivity index (χ0v) is 8.56. The summed E-state index contributed by atoms with van der Waals surface area (Å²) in [5.41, 5.74) is 0. The molecule has 0 atom stereocenters. The largest absolute Gasteiger partial charge is 0.180 e. The van der Waals surface area contributed by atoms with Crippen molar-refractivity contribution in [2.24, 2.45) is 5.92 Å². The van der Waals surface area contributed by atoms with E-state index in [-0.39, 0.29) is 0 Å². The van der Waals surface area contributed by atoms with Gasteiger partial charge in [-0.1, -0.05) is 20.8 Å². The summed E-state index contributed by atoms with van der Waals surface area (Å²) >= 11 is 5.70. The Kier molecular flexibility index (Phi) is 15.8. The van der Waals surface area contributed by atoms with Gasteiger partial charge in [0.1, 0.15) is 0 Å². The Morgan fingerprint density at radius 3 is 1.78 bits per heavy atom. The zero-order chi connectivity index (χ0) is 7.70. The fourth-order valence-electron chi connectivity index (χ4n) is 0.333. The second-order valence-electron chi connectivity index (χ2n) is 2.17. The summed E-state index contributed by atoms with van der Waals surface area (Å²) in [6.07, 6.45) is 2.14. The molecule has 0 aliphatic rings. The van der Waals surface area contributed by atoms with Crippen LogP contribution in [0.15, 0.2) is 0 Å². The van der Waals surface area contributed by atoms with Crippen LogP contribution in [0.1, 0.15) is 20.8 Å². The van der Waals surface area contributed by atoms with Crippen LogP contribution in [0.4, 0.5) is 0 Å². The molecule has 9 heavy (non-hydrogen) atoms. The van der Waals surface area contributed by atoms with E-state index in [0.29, 0.717) is 0 Å². The number of thioether (sulfide) groups is 1. The fraction of sp³-hybridized carbons (Fsp3) is 1.00. The lowest BCUT2D eigenvalue weighted by Crippen LogP contribution is -1.87. The molecule has 0 N–H and O–H groups in total. The van der Waals surface area contributed by atoms with Crippen LogP contribution in [0.5, 0.6) is 0 Å². The maximum absolute atomic E-state index is 3.79. The average Bonchev–Trinajstić information content (AvgIpc) is 1.67. The first-order chi connectivity index (χ1) is 4.18. The monoisotopic (exact) mass is 166 g/mol. The first kappa shape index (κ1) is 12.4. The van der Waals surface area contributed by atoms with Crippen LogP contribution in [-0.4, -0.2) is 17.8 Å². The molecule has 0 aromatic heterocycles. The number of rotatable bonds is 2. The van der Waals surface area contributed by atoms with Crippen LogP contribution in [0.25, 0.3) is 0 Å². The highest BCUT2D eigenvalue weighted by atomic mass is 32.2. The van der Waals surface area contributed by atoms with E-state index in [0.717, 1.165) is 11.7 Å². The lowest BCUT2D eigenvalue weighted by atomic mass is 10.3. The molecule has 0 radical (unpaired) electrons. The van der Waals surface area contributed by atoms with Gasteiger partial charge in [-0.25, -0.2) is 0 Å². The Bertz CT molecular complexity index is 35.9. The lowest BCUT2D eigenvalue weighted by molar-refractivity contribution is 0.751. The van der Waals surface area contributed by atoms with Gasteiger partial charge in [0, 0.05) is 0 Å². The highest BCUT2D eigenvalue weighted by Crippen LogP contribution is 2.00. The zero-order valence-electron chi connectivity index (χ0n) is 6.85. The number of hydrogen-bond acceptors (Lipinski definition) is 2. The van der Waals surface area contributed by atoms with E-state index in [1.54, 1.807) is 0 Å². The van der Waals surface area contributed by atoms with E-state index in [9.17, 15) is 0 Å². The maximum atomic E-state index is 3.79. The van der Waals surface area contributed by atoms with E-state index >= 15 is 0 Å². The molecule has 0 amide bonds. The van der Waals surface area contributed by atoms with Gasteiger partial charge in [-0.3, -0.25) is 0 Å². The van der Waals surface area contributed by atoms with E-state index in [2.05, 4.69) is 32.7 Å². The van der Waals surface area contributed by atoms with Gasteiger partial charge in [-0.05, 0) is 23.7 Å². The molecule has 0 unspecified atom stereocenters. The predicted octanol–water partition coefficient (Wildman–Crippen LogP) is 2.94. The Hall–Kier alpha value is 0.700. The standard InChI is InChI=1S/C5H12S.C2H6S/c1-5(2)4-6-3;1-2-3/h5H,4H2,1-3H3;3H,2H2,1H3. The molecule has 0 aromatic carbocycles. The highest BCUT2D eigenvalue weighted by molar-refractivity contribution is 7.98. The molecule has 0 aromatic rings. The van der Waals surface area contributed by atoms with Gasteiger partial charge < -0.3 is 0 Å². The van der Waals surface area contributed by atoms with Gasteiger partial charge >= 0.3 is 0 Å². The third-order valence-electron chi connectivity index (χ3n) is 0.500. The van der Waals surface area contributed by atoms with Crippen molar-refractivity contribution in [2.45, 2.75) is 20.8 Å². The van der Waals surface area contributed by atoms with Crippen LogP contribution >= 0.6 is 24.4 Å². The predicted molar refractivity (Wildman–Crippen MR) is 52.7 cm³/mol. The van der Waals surface area contributed by atoms with Crippen molar-refractivity contribution in [3.05, 3.63) is 0 Å². The van der Waals surface area contributed by atoms with E-state index < -0.39 is 0 Å². The summed E-state index contributed by atoms with van der Waals surface area (Å²) in [5.74, 6) is 3.10. The fourth-order valence-corrected chi connectivity index (χ4v) is 1.00.